The molecule has 1 fully saturated rings. The lowest BCUT2D eigenvalue weighted by molar-refractivity contribution is -0.0748. The number of aliphatic hydroxyl groups excluding tert-OH is 3. The largest absolute Gasteiger partial charge is 0.398 e. The van der Waals surface area contributed by atoms with Crippen molar-refractivity contribution in [3.05, 3.63) is 30.1 Å². The Morgan fingerprint density at radius 3 is 2.65 bits per heavy atom. The summed E-state index contributed by atoms with van der Waals surface area (Å²) in [5.74, 6) is 0. The van der Waals surface area contributed by atoms with Crippen molar-refractivity contribution in [1.82, 2.24) is 4.57 Å². The first-order valence-corrected chi connectivity index (χ1v) is 6.04. The quantitative estimate of drug-likeness (QED) is 0.562. The summed E-state index contributed by atoms with van der Waals surface area (Å²) < 4.78 is 7.09. The first kappa shape index (κ1) is 14.6. The fourth-order valence-electron chi connectivity index (χ4n) is 2.44. The number of aliphatic hydroxyl groups is 3. The fraction of sp³-hybridized carbons (Fsp3) is 0.462. The van der Waals surface area contributed by atoms with Gasteiger partial charge in [0.15, 0.2) is 0 Å². The van der Waals surface area contributed by atoms with Crippen molar-refractivity contribution >= 4 is 5.70 Å². The number of nitrogens with zero attached hydrogens (tertiary/aromatic N) is 2. The van der Waals surface area contributed by atoms with E-state index in [-0.39, 0.29) is 0 Å². The van der Waals surface area contributed by atoms with Crippen molar-refractivity contribution in [3.63, 3.8) is 0 Å². The molecule has 1 aliphatic rings. The highest BCUT2D eigenvalue weighted by atomic mass is 16.6. The highest BCUT2D eigenvalue weighted by Crippen LogP contribution is 2.40. The topological polar surface area (TPSA) is 125 Å². The van der Waals surface area contributed by atoms with Gasteiger partial charge in [0, 0.05) is 18.4 Å². The van der Waals surface area contributed by atoms with E-state index >= 15 is 0 Å². The van der Waals surface area contributed by atoms with Gasteiger partial charge in [-0.15, -0.1) is 0 Å². The Morgan fingerprint density at radius 2 is 2.25 bits per heavy atom. The molecule has 0 aromatic carbocycles. The van der Waals surface area contributed by atoms with Crippen LogP contribution in [0.5, 0.6) is 0 Å². The van der Waals surface area contributed by atoms with E-state index in [4.69, 9.17) is 15.7 Å². The van der Waals surface area contributed by atoms with E-state index in [1.165, 1.54) is 0 Å². The Kier molecular flexibility index (Phi) is 3.58. The summed E-state index contributed by atoms with van der Waals surface area (Å²) in [6.07, 6.45) is -3.76. The van der Waals surface area contributed by atoms with Crippen molar-refractivity contribution in [2.24, 2.45) is 12.8 Å². The van der Waals surface area contributed by atoms with Crippen LogP contribution in [0.4, 0.5) is 0 Å². The summed E-state index contributed by atoms with van der Waals surface area (Å²) in [7, 11) is 1.70. The highest BCUT2D eigenvalue weighted by molar-refractivity contribution is 5.58. The zero-order valence-corrected chi connectivity index (χ0v) is 11.0. The maximum Gasteiger partial charge on any atom is 0.206 e. The second-order valence-electron chi connectivity index (χ2n) is 4.86. The van der Waals surface area contributed by atoms with Gasteiger partial charge in [-0.25, -0.2) is 0 Å². The van der Waals surface area contributed by atoms with Gasteiger partial charge in [-0.2, -0.15) is 5.26 Å². The van der Waals surface area contributed by atoms with Crippen molar-refractivity contribution in [2.75, 3.05) is 6.61 Å². The van der Waals surface area contributed by atoms with Crippen LogP contribution >= 0.6 is 0 Å². The summed E-state index contributed by atoms with van der Waals surface area (Å²) in [6.45, 7) is 2.92. The molecule has 7 nitrogen and oxygen atoms in total. The standard InChI is InChI=1S/C13H17N3O4/c1-7(15)8-3-4-9(16(8)2)11-10(18)12(19)13(5-14,6-17)20-11/h3-4,10-12,17-19H,1,6,15H2,2H3/t10-,11-,12-,13+/m0/s1. The number of hydrogen-bond acceptors (Lipinski definition) is 6. The van der Waals surface area contributed by atoms with Crippen LogP contribution < -0.4 is 5.73 Å². The van der Waals surface area contributed by atoms with Crippen molar-refractivity contribution in [3.8, 4) is 6.07 Å². The van der Waals surface area contributed by atoms with Gasteiger partial charge in [0.25, 0.3) is 0 Å². The van der Waals surface area contributed by atoms with Gasteiger partial charge in [0.1, 0.15) is 24.4 Å². The second kappa shape index (κ2) is 4.92. The predicted octanol–water partition coefficient (Wildman–Crippen LogP) is -0.998. The Hall–Kier alpha value is -1.85. The molecule has 1 aromatic rings. The number of hydrogen-bond donors (Lipinski definition) is 4. The van der Waals surface area contributed by atoms with E-state index in [0.29, 0.717) is 17.1 Å². The molecule has 0 aliphatic carbocycles. The Labute approximate surface area is 116 Å². The molecule has 0 saturated carbocycles. The predicted molar refractivity (Wildman–Crippen MR) is 69.9 cm³/mol. The molecule has 0 spiro atoms. The molecular weight excluding hydrogens is 262 g/mol. The van der Waals surface area contributed by atoms with Crippen LogP contribution in [-0.4, -0.2) is 44.3 Å². The van der Waals surface area contributed by atoms with E-state index in [2.05, 4.69) is 6.58 Å². The maximum atomic E-state index is 10.1. The Balaban J connectivity index is 2.41. The molecule has 20 heavy (non-hydrogen) atoms. The third kappa shape index (κ3) is 1.90. The van der Waals surface area contributed by atoms with Gasteiger partial charge in [-0.1, -0.05) is 6.58 Å². The van der Waals surface area contributed by atoms with Crippen LogP contribution in [0.3, 0.4) is 0 Å². The summed E-state index contributed by atoms with van der Waals surface area (Å²) in [5, 5.41) is 38.4. The van der Waals surface area contributed by atoms with Crippen molar-refractivity contribution < 1.29 is 20.1 Å². The van der Waals surface area contributed by atoms with Crippen molar-refractivity contribution in [1.29, 1.82) is 5.26 Å². The van der Waals surface area contributed by atoms with Gasteiger partial charge in [-0.05, 0) is 12.1 Å². The molecule has 2 heterocycles. The summed E-state index contributed by atoms with van der Waals surface area (Å²) in [6, 6.07) is 5.09. The summed E-state index contributed by atoms with van der Waals surface area (Å²) >= 11 is 0. The molecule has 1 aromatic heterocycles. The van der Waals surface area contributed by atoms with Gasteiger partial charge < -0.3 is 30.4 Å². The molecule has 0 radical (unpaired) electrons. The van der Waals surface area contributed by atoms with Gasteiger partial charge in [0.05, 0.1) is 12.3 Å². The molecule has 7 heteroatoms. The number of nitrogens with two attached hydrogens (primary N) is 1. The van der Waals surface area contributed by atoms with E-state index < -0.39 is 30.5 Å². The van der Waals surface area contributed by atoms with E-state index in [1.54, 1.807) is 29.8 Å². The zero-order chi connectivity index (χ0) is 15.1. The van der Waals surface area contributed by atoms with Crippen LogP contribution in [0.2, 0.25) is 0 Å². The van der Waals surface area contributed by atoms with E-state index in [9.17, 15) is 15.3 Å². The SMILES string of the molecule is C=C(N)c1ccc([C@@H]2O[C@](C#N)(CO)[C@@H](O)[C@H]2O)n1C. The molecule has 108 valence electrons. The molecule has 4 atom stereocenters. The third-order valence-electron chi connectivity index (χ3n) is 3.65. The number of rotatable bonds is 3. The highest BCUT2D eigenvalue weighted by Gasteiger charge is 2.55. The molecule has 0 amide bonds. The van der Waals surface area contributed by atoms with Crippen LogP contribution in [0.15, 0.2) is 18.7 Å². The van der Waals surface area contributed by atoms with Gasteiger partial charge in [0.2, 0.25) is 5.60 Å². The van der Waals surface area contributed by atoms with Gasteiger partial charge in [-0.3, -0.25) is 0 Å². The zero-order valence-electron chi connectivity index (χ0n) is 11.0. The number of nitriles is 1. The minimum absolute atomic E-state index is 0.348. The third-order valence-corrected chi connectivity index (χ3v) is 3.65. The second-order valence-corrected chi connectivity index (χ2v) is 4.86. The van der Waals surface area contributed by atoms with Crippen LogP contribution in [-0.2, 0) is 11.8 Å². The van der Waals surface area contributed by atoms with E-state index in [0.717, 1.165) is 0 Å². The van der Waals surface area contributed by atoms with Gasteiger partial charge >= 0.3 is 0 Å². The molecule has 0 unspecified atom stereocenters. The average Bonchev–Trinajstić information content (AvgIpc) is 2.91. The average molecular weight is 279 g/mol. The first-order valence-electron chi connectivity index (χ1n) is 6.04. The Bertz CT molecular complexity index is 577. The molecule has 5 N–H and O–H groups in total. The normalized spacial score (nSPS) is 33.0. The molecule has 1 aliphatic heterocycles. The Morgan fingerprint density at radius 1 is 1.60 bits per heavy atom. The van der Waals surface area contributed by atoms with Crippen molar-refractivity contribution in [2.45, 2.75) is 23.9 Å². The molecule has 1 saturated heterocycles. The smallest absolute Gasteiger partial charge is 0.206 e. The van der Waals surface area contributed by atoms with Crippen LogP contribution in [0.1, 0.15) is 17.5 Å². The molecule has 2 rings (SSSR count). The number of ether oxygens (including phenoxy) is 1. The number of aromatic nitrogens is 1. The first-order chi connectivity index (χ1) is 9.38. The monoisotopic (exact) mass is 279 g/mol. The lowest BCUT2D eigenvalue weighted by atomic mass is 9.96. The van der Waals surface area contributed by atoms with Crippen LogP contribution in [0.25, 0.3) is 5.70 Å². The maximum absolute atomic E-state index is 10.1. The van der Waals surface area contributed by atoms with E-state index in [1.807, 2.05) is 0 Å². The fourth-order valence-corrected chi connectivity index (χ4v) is 2.44. The minimum atomic E-state index is -1.83. The molecular formula is C13H17N3O4. The summed E-state index contributed by atoms with van der Waals surface area (Å²) in [4.78, 5) is 0. The lowest BCUT2D eigenvalue weighted by Gasteiger charge is -2.21. The molecule has 0 bridgehead atoms. The van der Waals surface area contributed by atoms with Crippen LogP contribution in [0, 0.1) is 11.3 Å². The minimum Gasteiger partial charge on any atom is -0.398 e. The lowest BCUT2D eigenvalue weighted by Crippen LogP contribution is -2.44. The summed E-state index contributed by atoms with van der Waals surface area (Å²) in [5.41, 5.74) is 5.33.